The van der Waals surface area contributed by atoms with Crippen LogP contribution in [0.3, 0.4) is 0 Å². The van der Waals surface area contributed by atoms with Gasteiger partial charge in [0.25, 0.3) is 11.6 Å². The number of carbonyl (C=O) groups is 1. The fourth-order valence-corrected chi connectivity index (χ4v) is 1.76. The lowest BCUT2D eigenvalue weighted by molar-refractivity contribution is -0.384. The van der Waals surface area contributed by atoms with Crippen molar-refractivity contribution in [3.05, 3.63) is 68.7 Å². The minimum absolute atomic E-state index is 0.0779. The summed E-state index contributed by atoms with van der Waals surface area (Å²) < 4.78 is 25.8. The third kappa shape index (κ3) is 3.32. The number of anilines is 1. The van der Waals surface area contributed by atoms with Crippen LogP contribution in [0.2, 0.25) is 5.02 Å². The van der Waals surface area contributed by atoms with E-state index in [0.29, 0.717) is 0 Å². The first-order valence-electron chi connectivity index (χ1n) is 5.59. The lowest BCUT2D eigenvalue weighted by atomic mass is 10.2. The molecule has 0 heterocycles. The number of benzene rings is 2. The van der Waals surface area contributed by atoms with Crippen LogP contribution >= 0.6 is 11.6 Å². The maximum atomic E-state index is 13.0. The van der Waals surface area contributed by atoms with Crippen LogP contribution in [0, 0.1) is 21.7 Å². The normalized spacial score (nSPS) is 10.2. The maximum Gasteiger partial charge on any atom is 0.289 e. The molecule has 2 aromatic rings. The summed E-state index contributed by atoms with van der Waals surface area (Å²) in [6.45, 7) is 0. The molecule has 5 nitrogen and oxygen atoms in total. The van der Waals surface area contributed by atoms with Crippen molar-refractivity contribution in [1.82, 2.24) is 0 Å². The average Bonchev–Trinajstić information content (AvgIpc) is 2.43. The predicted octanol–water partition coefficient (Wildman–Crippen LogP) is 3.78. The van der Waals surface area contributed by atoms with Crippen LogP contribution in [0.5, 0.6) is 0 Å². The summed E-state index contributed by atoms with van der Waals surface area (Å²) >= 11 is 5.64. The van der Waals surface area contributed by atoms with Crippen LogP contribution in [0.1, 0.15) is 10.4 Å². The van der Waals surface area contributed by atoms with Crippen LogP contribution in [0.4, 0.5) is 20.2 Å². The molecule has 0 radical (unpaired) electrons. The molecule has 0 fully saturated rings. The van der Waals surface area contributed by atoms with E-state index >= 15 is 0 Å². The molecule has 0 atom stereocenters. The Balaban J connectivity index is 2.25. The number of nitrogens with one attached hydrogen (secondary N) is 1. The molecule has 0 saturated heterocycles. The highest BCUT2D eigenvalue weighted by molar-refractivity contribution is 6.32. The van der Waals surface area contributed by atoms with E-state index in [2.05, 4.69) is 5.32 Å². The van der Waals surface area contributed by atoms with Crippen molar-refractivity contribution in [3.63, 3.8) is 0 Å². The zero-order chi connectivity index (χ0) is 15.6. The van der Waals surface area contributed by atoms with Gasteiger partial charge in [0.05, 0.1) is 4.92 Å². The van der Waals surface area contributed by atoms with Crippen molar-refractivity contribution in [2.75, 3.05) is 5.32 Å². The number of halogens is 3. The number of nitro groups is 1. The molecule has 108 valence electrons. The van der Waals surface area contributed by atoms with Gasteiger partial charge in [-0.1, -0.05) is 11.6 Å². The van der Waals surface area contributed by atoms with Gasteiger partial charge in [-0.05, 0) is 30.3 Å². The second-order valence-electron chi connectivity index (χ2n) is 4.01. The summed E-state index contributed by atoms with van der Waals surface area (Å²) in [6, 6.07) is 6.31. The largest absolute Gasteiger partial charge is 0.322 e. The van der Waals surface area contributed by atoms with E-state index in [1.807, 2.05) is 0 Å². The molecule has 2 aromatic carbocycles. The lowest BCUT2D eigenvalue weighted by Crippen LogP contribution is -2.12. The predicted molar refractivity (Wildman–Crippen MR) is 72.4 cm³/mol. The minimum atomic E-state index is -1.16. The van der Waals surface area contributed by atoms with Gasteiger partial charge >= 0.3 is 0 Å². The van der Waals surface area contributed by atoms with Gasteiger partial charge in [-0.3, -0.25) is 14.9 Å². The second-order valence-corrected chi connectivity index (χ2v) is 4.41. The molecule has 0 aliphatic rings. The first-order valence-corrected chi connectivity index (χ1v) is 5.96. The fraction of sp³-hybridized carbons (Fsp3) is 0. The molecular formula is C13H7ClF2N2O3. The smallest absolute Gasteiger partial charge is 0.289 e. The van der Waals surface area contributed by atoms with Gasteiger partial charge in [-0.2, -0.15) is 0 Å². The molecule has 2 rings (SSSR count). The van der Waals surface area contributed by atoms with Gasteiger partial charge in [0.1, 0.15) is 5.02 Å². The van der Waals surface area contributed by atoms with Gasteiger partial charge in [0, 0.05) is 17.3 Å². The molecule has 0 aliphatic carbocycles. The third-order valence-corrected chi connectivity index (χ3v) is 2.90. The summed E-state index contributed by atoms with van der Waals surface area (Å²) in [7, 11) is 0. The van der Waals surface area contributed by atoms with Crippen molar-refractivity contribution in [1.29, 1.82) is 0 Å². The molecule has 0 spiro atoms. The van der Waals surface area contributed by atoms with E-state index < -0.39 is 22.5 Å². The Morgan fingerprint density at radius 1 is 1.14 bits per heavy atom. The van der Waals surface area contributed by atoms with Gasteiger partial charge in [0.2, 0.25) is 0 Å². The maximum absolute atomic E-state index is 13.0. The number of nitrogens with zero attached hydrogens (tertiary/aromatic N) is 1. The van der Waals surface area contributed by atoms with Crippen LogP contribution < -0.4 is 5.32 Å². The highest BCUT2D eigenvalue weighted by atomic mass is 35.5. The molecule has 1 amide bonds. The molecule has 21 heavy (non-hydrogen) atoms. The fourth-order valence-electron chi connectivity index (χ4n) is 1.57. The Hall–Kier alpha value is -2.54. The zero-order valence-corrected chi connectivity index (χ0v) is 11.0. The highest BCUT2D eigenvalue weighted by Crippen LogP contribution is 2.27. The molecule has 8 heteroatoms. The van der Waals surface area contributed by atoms with Gasteiger partial charge < -0.3 is 5.32 Å². The molecule has 0 bridgehead atoms. The second kappa shape index (κ2) is 5.84. The quantitative estimate of drug-likeness (QED) is 0.692. The molecule has 0 unspecified atom stereocenters. The first-order chi connectivity index (χ1) is 9.88. The van der Waals surface area contributed by atoms with E-state index in [9.17, 15) is 23.7 Å². The van der Waals surface area contributed by atoms with Crippen molar-refractivity contribution in [3.8, 4) is 0 Å². The van der Waals surface area contributed by atoms with Crippen LogP contribution in [-0.2, 0) is 0 Å². The average molecular weight is 313 g/mol. The molecular weight excluding hydrogens is 306 g/mol. The Morgan fingerprint density at radius 2 is 1.86 bits per heavy atom. The van der Waals surface area contributed by atoms with E-state index in [4.69, 9.17) is 11.6 Å². The summed E-state index contributed by atoms with van der Waals surface area (Å²) in [4.78, 5) is 21.9. The SMILES string of the molecule is O=C(Nc1ccc(Cl)c([N+](=O)[O-])c1)c1ccc(F)c(F)c1. The van der Waals surface area contributed by atoms with Crippen molar-refractivity contribution in [2.45, 2.75) is 0 Å². The summed E-state index contributed by atoms with van der Waals surface area (Å²) in [5.41, 5.74) is -0.382. The minimum Gasteiger partial charge on any atom is -0.322 e. The molecule has 0 saturated carbocycles. The van der Waals surface area contributed by atoms with Crippen molar-refractivity contribution in [2.24, 2.45) is 0 Å². The van der Waals surface area contributed by atoms with Crippen LogP contribution in [0.25, 0.3) is 0 Å². The number of carbonyl (C=O) groups excluding carboxylic acids is 1. The van der Waals surface area contributed by atoms with E-state index in [1.165, 1.54) is 12.1 Å². The Morgan fingerprint density at radius 3 is 2.48 bits per heavy atom. The number of nitro benzene ring substituents is 1. The number of hydrogen-bond acceptors (Lipinski definition) is 3. The van der Waals surface area contributed by atoms with Gasteiger partial charge in [-0.25, -0.2) is 8.78 Å². The number of hydrogen-bond donors (Lipinski definition) is 1. The monoisotopic (exact) mass is 312 g/mol. The van der Waals surface area contributed by atoms with Crippen LogP contribution in [-0.4, -0.2) is 10.8 Å². The highest BCUT2D eigenvalue weighted by Gasteiger charge is 2.15. The Bertz CT molecular complexity index is 737. The van der Waals surface area contributed by atoms with Crippen molar-refractivity contribution < 1.29 is 18.5 Å². The Kier molecular flexibility index (Phi) is 4.13. The topological polar surface area (TPSA) is 72.2 Å². The van der Waals surface area contributed by atoms with E-state index in [0.717, 1.165) is 24.3 Å². The molecule has 0 aromatic heterocycles. The van der Waals surface area contributed by atoms with E-state index in [-0.39, 0.29) is 22.0 Å². The van der Waals surface area contributed by atoms with Gasteiger partial charge in [0.15, 0.2) is 11.6 Å². The Labute approximate surface area is 122 Å². The number of amides is 1. The first kappa shape index (κ1) is 14.9. The van der Waals surface area contributed by atoms with E-state index in [1.54, 1.807) is 0 Å². The lowest BCUT2D eigenvalue weighted by Gasteiger charge is -2.06. The number of rotatable bonds is 3. The third-order valence-electron chi connectivity index (χ3n) is 2.58. The molecule has 0 aliphatic heterocycles. The summed E-state index contributed by atoms with van der Waals surface area (Å²) in [5.74, 6) is -2.97. The zero-order valence-electron chi connectivity index (χ0n) is 10.3. The van der Waals surface area contributed by atoms with Gasteiger partial charge in [-0.15, -0.1) is 0 Å². The summed E-state index contributed by atoms with van der Waals surface area (Å²) in [6.07, 6.45) is 0. The van der Waals surface area contributed by atoms with Crippen LogP contribution in [0.15, 0.2) is 36.4 Å². The molecule has 1 N–H and O–H groups in total. The van der Waals surface area contributed by atoms with Crippen molar-refractivity contribution >= 4 is 28.9 Å². The standard InChI is InChI=1S/C13H7ClF2N2O3/c14-9-3-2-8(6-12(9)18(20)21)17-13(19)7-1-4-10(15)11(16)5-7/h1-6H,(H,17,19). The summed E-state index contributed by atoms with van der Waals surface area (Å²) in [5, 5.41) is 13.0.